The van der Waals surface area contributed by atoms with Crippen LogP contribution in [0.1, 0.15) is 11.1 Å². The van der Waals surface area contributed by atoms with Gasteiger partial charge >= 0.3 is 0 Å². The number of nitrogens with one attached hydrogen (secondary N) is 3. The molecule has 3 rings (SSSR count). The van der Waals surface area contributed by atoms with Crippen LogP contribution in [0.5, 0.6) is 0 Å². The van der Waals surface area contributed by atoms with E-state index in [2.05, 4.69) is 46.1 Å². The number of hydrogen-bond acceptors (Lipinski definition) is 6. The Labute approximate surface area is 141 Å². The molecule has 0 saturated carbocycles. The fourth-order valence-corrected chi connectivity index (χ4v) is 2.43. The van der Waals surface area contributed by atoms with E-state index >= 15 is 0 Å². The molecule has 0 aliphatic heterocycles. The molecule has 6 heteroatoms. The summed E-state index contributed by atoms with van der Waals surface area (Å²) in [4.78, 5) is 8.41. The first-order valence-corrected chi connectivity index (χ1v) is 7.65. The maximum atomic E-state index is 6.18. The van der Waals surface area contributed by atoms with Crippen LogP contribution >= 0.6 is 0 Å². The lowest BCUT2D eigenvalue weighted by Gasteiger charge is -2.14. The van der Waals surface area contributed by atoms with Crippen molar-refractivity contribution in [3.8, 4) is 0 Å². The topological polar surface area (TPSA) is 87.9 Å². The van der Waals surface area contributed by atoms with E-state index in [1.165, 1.54) is 17.5 Å². The smallest absolute Gasteiger partial charge is 0.173 e. The molecular weight excluding hydrogens is 300 g/mol. The highest BCUT2D eigenvalue weighted by Crippen LogP contribution is 2.26. The van der Waals surface area contributed by atoms with Crippen LogP contribution < -0.4 is 21.9 Å². The van der Waals surface area contributed by atoms with Crippen LogP contribution in [-0.2, 0) is 0 Å². The molecule has 0 spiro atoms. The van der Waals surface area contributed by atoms with E-state index in [1.807, 2.05) is 42.5 Å². The van der Waals surface area contributed by atoms with E-state index in [4.69, 9.17) is 5.73 Å². The summed E-state index contributed by atoms with van der Waals surface area (Å²) in [7, 11) is 0. The lowest BCUT2D eigenvalue weighted by molar-refractivity contribution is 1.16. The van der Waals surface area contributed by atoms with Gasteiger partial charge in [-0.15, -0.1) is 0 Å². The Morgan fingerprint density at radius 2 is 1.46 bits per heavy atom. The Balaban J connectivity index is 1.77. The minimum Gasteiger partial charge on any atom is -0.393 e. The van der Waals surface area contributed by atoms with Gasteiger partial charge in [-0.1, -0.05) is 24.3 Å². The highest BCUT2D eigenvalue weighted by molar-refractivity contribution is 5.78. The molecule has 0 radical (unpaired) electrons. The molecule has 0 amide bonds. The predicted molar refractivity (Wildman–Crippen MR) is 99.3 cm³/mol. The largest absolute Gasteiger partial charge is 0.393 e. The van der Waals surface area contributed by atoms with Gasteiger partial charge in [0.2, 0.25) is 0 Å². The normalized spacial score (nSPS) is 10.2. The highest BCUT2D eigenvalue weighted by atomic mass is 15.4. The first-order valence-electron chi connectivity index (χ1n) is 7.65. The summed E-state index contributed by atoms with van der Waals surface area (Å²) in [6.45, 7) is 4.11. The number of hydrazine groups is 1. The molecule has 1 heterocycles. The van der Waals surface area contributed by atoms with Gasteiger partial charge in [-0.25, -0.2) is 9.97 Å². The first kappa shape index (κ1) is 15.6. The predicted octanol–water partition coefficient (Wildman–Crippen LogP) is 3.86. The number of aromatic nitrogens is 2. The fourth-order valence-electron chi connectivity index (χ4n) is 2.43. The summed E-state index contributed by atoms with van der Waals surface area (Å²) in [5.74, 6) is 1.08. The molecule has 0 bridgehead atoms. The molecule has 3 aromatic rings. The van der Waals surface area contributed by atoms with Crippen molar-refractivity contribution < 1.29 is 0 Å². The van der Waals surface area contributed by atoms with Gasteiger partial charge in [-0.2, -0.15) is 0 Å². The molecule has 122 valence electrons. The van der Waals surface area contributed by atoms with Gasteiger partial charge in [-0.05, 0) is 49.2 Å². The number of benzene rings is 2. The van der Waals surface area contributed by atoms with E-state index in [0.717, 1.165) is 11.4 Å². The van der Waals surface area contributed by atoms with Crippen molar-refractivity contribution in [3.05, 3.63) is 66.0 Å². The second-order valence-corrected chi connectivity index (χ2v) is 5.60. The lowest BCUT2D eigenvalue weighted by atomic mass is 10.1. The zero-order valence-corrected chi connectivity index (χ0v) is 13.7. The molecule has 5 N–H and O–H groups in total. The third-order valence-corrected chi connectivity index (χ3v) is 3.47. The summed E-state index contributed by atoms with van der Waals surface area (Å²) < 4.78 is 0. The number of para-hydroxylation sites is 1. The Kier molecular flexibility index (Phi) is 4.47. The van der Waals surface area contributed by atoms with Gasteiger partial charge in [0.25, 0.3) is 0 Å². The first-order chi connectivity index (χ1) is 11.6. The molecule has 24 heavy (non-hydrogen) atoms. The zero-order valence-electron chi connectivity index (χ0n) is 13.7. The number of nitrogens with two attached hydrogens (primary N) is 1. The van der Waals surface area contributed by atoms with Crippen molar-refractivity contribution in [2.45, 2.75) is 13.8 Å². The Bertz CT molecular complexity index is 812. The Morgan fingerprint density at radius 3 is 2.17 bits per heavy atom. The molecule has 0 aliphatic carbocycles. The van der Waals surface area contributed by atoms with Crippen LogP contribution in [0.15, 0.2) is 54.9 Å². The monoisotopic (exact) mass is 320 g/mol. The molecule has 2 aromatic carbocycles. The quantitative estimate of drug-likeness (QED) is 0.534. The highest BCUT2D eigenvalue weighted by Gasteiger charge is 2.08. The summed E-state index contributed by atoms with van der Waals surface area (Å²) in [5.41, 5.74) is 16.9. The van der Waals surface area contributed by atoms with E-state index in [1.54, 1.807) is 0 Å². The number of anilines is 5. The Morgan fingerprint density at radius 1 is 0.792 bits per heavy atom. The minimum absolute atomic E-state index is 0.445. The summed E-state index contributed by atoms with van der Waals surface area (Å²) >= 11 is 0. The van der Waals surface area contributed by atoms with Crippen molar-refractivity contribution in [2.75, 3.05) is 21.9 Å². The zero-order chi connectivity index (χ0) is 16.9. The van der Waals surface area contributed by atoms with Crippen LogP contribution in [0.2, 0.25) is 0 Å². The van der Waals surface area contributed by atoms with Crippen molar-refractivity contribution >= 4 is 28.7 Å². The third-order valence-electron chi connectivity index (χ3n) is 3.47. The molecule has 0 unspecified atom stereocenters. The fraction of sp³-hybridized carbons (Fsp3) is 0.111. The number of rotatable bonds is 5. The maximum absolute atomic E-state index is 6.18. The van der Waals surface area contributed by atoms with Gasteiger partial charge in [0, 0.05) is 5.69 Å². The van der Waals surface area contributed by atoms with Crippen molar-refractivity contribution in [3.63, 3.8) is 0 Å². The van der Waals surface area contributed by atoms with Crippen LogP contribution in [0.3, 0.4) is 0 Å². The Hall–Kier alpha value is -3.28. The van der Waals surface area contributed by atoms with E-state index in [0.29, 0.717) is 17.3 Å². The second kappa shape index (κ2) is 6.87. The molecule has 0 saturated heterocycles. The van der Waals surface area contributed by atoms with Crippen LogP contribution in [-0.4, -0.2) is 9.97 Å². The van der Waals surface area contributed by atoms with Crippen molar-refractivity contribution in [1.82, 2.24) is 9.97 Å². The summed E-state index contributed by atoms with van der Waals surface area (Å²) in [5, 5.41) is 3.25. The van der Waals surface area contributed by atoms with Crippen LogP contribution in [0.4, 0.5) is 28.7 Å². The van der Waals surface area contributed by atoms with Crippen LogP contribution in [0.25, 0.3) is 0 Å². The third kappa shape index (κ3) is 3.73. The average Bonchev–Trinajstić information content (AvgIpc) is 2.56. The lowest BCUT2D eigenvalue weighted by Crippen LogP contribution is -2.13. The molecule has 0 fully saturated rings. The van der Waals surface area contributed by atoms with Crippen molar-refractivity contribution in [2.24, 2.45) is 0 Å². The number of nitrogens with zero attached hydrogens (tertiary/aromatic N) is 2. The molecule has 0 aliphatic rings. The summed E-state index contributed by atoms with van der Waals surface area (Å²) in [6, 6.07) is 15.9. The van der Waals surface area contributed by atoms with Gasteiger partial charge in [0.15, 0.2) is 11.6 Å². The SMILES string of the molecule is Cc1cc(C)cc(Nc2ncnc(NNc3ccccc3)c2N)c1. The van der Waals surface area contributed by atoms with Gasteiger partial charge in [0.05, 0.1) is 5.69 Å². The van der Waals surface area contributed by atoms with Crippen molar-refractivity contribution in [1.29, 1.82) is 0 Å². The molecule has 1 aromatic heterocycles. The number of nitrogen functional groups attached to an aromatic ring is 1. The van der Waals surface area contributed by atoms with Gasteiger partial charge in [-0.3, -0.25) is 10.9 Å². The molecule has 6 nitrogen and oxygen atoms in total. The maximum Gasteiger partial charge on any atom is 0.173 e. The molecule has 0 atom stereocenters. The van der Waals surface area contributed by atoms with E-state index < -0.39 is 0 Å². The number of hydrogen-bond donors (Lipinski definition) is 4. The second-order valence-electron chi connectivity index (χ2n) is 5.60. The van der Waals surface area contributed by atoms with Gasteiger partial charge in [0.1, 0.15) is 12.0 Å². The van der Waals surface area contributed by atoms with Crippen LogP contribution in [0, 0.1) is 13.8 Å². The van der Waals surface area contributed by atoms with Gasteiger partial charge < -0.3 is 11.1 Å². The standard InChI is InChI=1S/C18H20N6/c1-12-8-13(2)10-15(9-12)22-17-16(19)18(21-11-20-17)24-23-14-6-4-3-5-7-14/h3-11,23H,19H2,1-2H3,(H2,20,21,22,24). The molecular formula is C18H20N6. The average molecular weight is 320 g/mol. The van der Waals surface area contributed by atoms with E-state index in [9.17, 15) is 0 Å². The van der Waals surface area contributed by atoms with E-state index in [-0.39, 0.29) is 0 Å². The summed E-state index contributed by atoms with van der Waals surface area (Å²) in [6.07, 6.45) is 1.47. The number of aryl methyl sites for hydroxylation is 2. The minimum atomic E-state index is 0.445.